The molecule has 0 bridgehead atoms. The second-order valence-electron chi connectivity index (χ2n) is 4.24. The van der Waals surface area contributed by atoms with Gasteiger partial charge in [-0.2, -0.15) is 5.10 Å². The summed E-state index contributed by atoms with van der Waals surface area (Å²) in [7, 11) is 2.16. The van der Waals surface area contributed by atoms with Gasteiger partial charge in [-0.3, -0.25) is 4.68 Å². The SMILES string of the molecule is CC(C)n1nc(Br)c2c1CN(C)CC2. The van der Waals surface area contributed by atoms with Crippen LogP contribution in [0.2, 0.25) is 0 Å². The van der Waals surface area contributed by atoms with Crippen LogP contribution in [0.4, 0.5) is 0 Å². The van der Waals surface area contributed by atoms with Gasteiger partial charge in [0, 0.05) is 24.7 Å². The van der Waals surface area contributed by atoms with Gasteiger partial charge in [0.25, 0.3) is 0 Å². The number of rotatable bonds is 1. The van der Waals surface area contributed by atoms with Crippen LogP contribution >= 0.6 is 15.9 Å². The second kappa shape index (κ2) is 3.66. The number of likely N-dealkylation sites (N-methyl/N-ethyl adjacent to an activating group) is 1. The van der Waals surface area contributed by atoms with Gasteiger partial charge in [-0.25, -0.2) is 0 Å². The molecule has 1 aromatic rings. The summed E-state index contributed by atoms with van der Waals surface area (Å²) in [5.74, 6) is 0. The van der Waals surface area contributed by atoms with E-state index in [-0.39, 0.29) is 0 Å². The minimum absolute atomic E-state index is 0.446. The zero-order valence-corrected chi connectivity index (χ0v) is 10.5. The van der Waals surface area contributed by atoms with E-state index in [1.54, 1.807) is 0 Å². The van der Waals surface area contributed by atoms with Crippen molar-refractivity contribution >= 4 is 15.9 Å². The molecule has 0 aliphatic carbocycles. The molecule has 0 radical (unpaired) electrons. The first-order valence-electron chi connectivity index (χ1n) is 5.04. The van der Waals surface area contributed by atoms with Crippen molar-refractivity contribution in [3.63, 3.8) is 0 Å². The van der Waals surface area contributed by atoms with E-state index in [0.717, 1.165) is 24.1 Å². The Morgan fingerprint density at radius 2 is 2.14 bits per heavy atom. The van der Waals surface area contributed by atoms with Crippen LogP contribution < -0.4 is 0 Å². The Kier molecular flexibility index (Phi) is 2.66. The number of fused-ring (bicyclic) bond motifs is 1. The molecule has 3 nitrogen and oxygen atoms in total. The molecule has 2 heterocycles. The minimum Gasteiger partial charge on any atom is -0.300 e. The zero-order chi connectivity index (χ0) is 10.3. The van der Waals surface area contributed by atoms with E-state index in [1.807, 2.05) is 0 Å². The number of hydrogen-bond donors (Lipinski definition) is 0. The normalized spacial score (nSPS) is 17.5. The van der Waals surface area contributed by atoms with Crippen molar-refractivity contribution in [2.24, 2.45) is 0 Å². The fraction of sp³-hybridized carbons (Fsp3) is 0.700. The van der Waals surface area contributed by atoms with Gasteiger partial charge in [-0.1, -0.05) is 0 Å². The first kappa shape index (κ1) is 10.2. The minimum atomic E-state index is 0.446. The average Bonchev–Trinajstić information content (AvgIpc) is 2.43. The molecule has 1 aromatic heterocycles. The highest BCUT2D eigenvalue weighted by Gasteiger charge is 2.22. The highest BCUT2D eigenvalue weighted by Crippen LogP contribution is 2.27. The molecule has 0 spiro atoms. The van der Waals surface area contributed by atoms with Gasteiger partial charge in [0.1, 0.15) is 4.60 Å². The monoisotopic (exact) mass is 257 g/mol. The molecule has 2 rings (SSSR count). The fourth-order valence-electron chi connectivity index (χ4n) is 1.95. The zero-order valence-electron chi connectivity index (χ0n) is 8.92. The Bertz CT molecular complexity index is 343. The second-order valence-corrected chi connectivity index (χ2v) is 4.99. The van der Waals surface area contributed by atoms with Crippen molar-refractivity contribution in [1.29, 1.82) is 0 Å². The van der Waals surface area contributed by atoms with E-state index in [0.29, 0.717) is 6.04 Å². The van der Waals surface area contributed by atoms with Crippen LogP contribution in [-0.4, -0.2) is 28.3 Å². The predicted molar refractivity (Wildman–Crippen MR) is 60.4 cm³/mol. The summed E-state index contributed by atoms with van der Waals surface area (Å²) >= 11 is 3.54. The van der Waals surface area contributed by atoms with Crippen molar-refractivity contribution in [2.45, 2.75) is 32.9 Å². The molecular formula is C10H16BrN3. The summed E-state index contributed by atoms with van der Waals surface area (Å²) in [5, 5.41) is 4.53. The Morgan fingerprint density at radius 1 is 1.43 bits per heavy atom. The molecular weight excluding hydrogens is 242 g/mol. The molecule has 0 atom stereocenters. The van der Waals surface area contributed by atoms with Crippen molar-refractivity contribution in [2.75, 3.05) is 13.6 Å². The van der Waals surface area contributed by atoms with Crippen LogP contribution in [0, 0.1) is 0 Å². The number of aromatic nitrogens is 2. The van der Waals surface area contributed by atoms with Crippen molar-refractivity contribution in [3.05, 3.63) is 15.9 Å². The Hall–Kier alpha value is -0.350. The standard InChI is InChI=1S/C10H16BrN3/c1-7(2)14-9-6-13(3)5-4-8(9)10(11)12-14/h7H,4-6H2,1-3H3. The van der Waals surface area contributed by atoms with E-state index >= 15 is 0 Å². The maximum absolute atomic E-state index is 4.53. The largest absolute Gasteiger partial charge is 0.300 e. The summed E-state index contributed by atoms with van der Waals surface area (Å²) in [6.07, 6.45) is 1.11. The lowest BCUT2D eigenvalue weighted by molar-refractivity contribution is 0.296. The van der Waals surface area contributed by atoms with E-state index in [9.17, 15) is 0 Å². The number of halogens is 1. The molecule has 0 amide bonds. The third-order valence-corrected chi connectivity index (χ3v) is 3.36. The summed E-state index contributed by atoms with van der Waals surface area (Å²) in [6.45, 7) is 6.50. The van der Waals surface area contributed by atoms with Crippen LogP contribution in [0.15, 0.2) is 4.60 Å². The van der Waals surface area contributed by atoms with Crippen molar-refractivity contribution < 1.29 is 0 Å². The van der Waals surface area contributed by atoms with Gasteiger partial charge in [-0.15, -0.1) is 0 Å². The molecule has 0 fully saturated rings. The first-order chi connectivity index (χ1) is 6.59. The number of nitrogens with zero attached hydrogens (tertiary/aromatic N) is 3. The lowest BCUT2D eigenvalue weighted by Crippen LogP contribution is -2.28. The highest BCUT2D eigenvalue weighted by molar-refractivity contribution is 9.10. The van der Waals surface area contributed by atoms with Crippen LogP contribution in [0.1, 0.15) is 31.1 Å². The quantitative estimate of drug-likeness (QED) is 0.770. The van der Waals surface area contributed by atoms with Crippen LogP contribution in [0.25, 0.3) is 0 Å². The summed E-state index contributed by atoms with van der Waals surface area (Å²) in [5.41, 5.74) is 2.78. The predicted octanol–water partition coefficient (Wildman–Crippen LogP) is 2.21. The molecule has 0 saturated heterocycles. The molecule has 14 heavy (non-hydrogen) atoms. The molecule has 0 aromatic carbocycles. The van der Waals surface area contributed by atoms with Crippen LogP contribution in [-0.2, 0) is 13.0 Å². The maximum Gasteiger partial charge on any atom is 0.131 e. The van der Waals surface area contributed by atoms with Gasteiger partial charge in [0.05, 0.1) is 5.69 Å². The van der Waals surface area contributed by atoms with E-state index in [1.165, 1.54) is 11.3 Å². The van der Waals surface area contributed by atoms with Gasteiger partial charge < -0.3 is 4.90 Å². The first-order valence-corrected chi connectivity index (χ1v) is 5.83. The molecule has 0 unspecified atom stereocenters. The summed E-state index contributed by atoms with van der Waals surface area (Å²) < 4.78 is 3.17. The Balaban J connectivity index is 2.45. The molecule has 1 aliphatic heterocycles. The van der Waals surface area contributed by atoms with E-state index in [2.05, 4.69) is 51.5 Å². The molecule has 78 valence electrons. The average molecular weight is 258 g/mol. The highest BCUT2D eigenvalue weighted by atomic mass is 79.9. The summed E-state index contributed by atoms with van der Waals surface area (Å²) in [6, 6.07) is 0.446. The van der Waals surface area contributed by atoms with Crippen LogP contribution in [0.5, 0.6) is 0 Å². The van der Waals surface area contributed by atoms with Gasteiger partial charge in [0.2, 0.25) is 0 Å². The maximum atomic E-state index is 4.53. The Labute approximate surface area is 93.2 Å². The van der Waals surface area contributed by atoms with Crippen LogP contribution in [0.3, 0.4) is 0 Å². The van der Waals surface area contributed by atoms with E-state index < -0.39 is 0 Å². The smallest absolute Gasteiger partial charge is 0.131 e. The van der Waals surface area contributed by atoms with Gasteiger partial charge in [-0.05, 0) is 43.2 Å². The molecule has 0 N–H and O–H groups in total. The molecule has 1 aliphatic rings. The van der Waals surface area contributed by atoms with Crippen molar-refractivity contribution in [3.8, 4) is 0 Å². The van der Waals surface area contributed by atoms with Gasteiger partial charge in [0.15, 0.2) is 0 Å². The van der Waals surface area contributed by atoms with E-state index in [4.69, 9.17) is 0 Å². The topological polar surface area (TPSA) is 21.1 Å². The molecule has 0 saturated carbocycles. The fourth-order valence-corrected chi connectivity index (χ4v) is 2.55. The van der Waals surface area contributed by atoms with Gasteiger partial charge >= 0.3 is 0 Å². The summed E-state index contributed by atoms with van der Waals surface area (Å²) in [4.78, 5) is 2.34. The van der Waals surface area contributed by atoms with Crippen molar-refractivity contribution in [1.82, 2.24) is 14.7 Å². The number of hydrogen-bond acceptors (Lipinski definition) is 2. The lowest BCUT2D eigenvalue weighted by atomic mass is 10.1. The molecule has 4 heteroatoms. The Morgan fingerprint density at radius 3 is 2.79 bits per heavy atom. The third-order valence-electron chi connectivity index (χ3n) is 2.72. The lowest BCUT2D eigenvalue weighted by Gasteiger charge is -2.24. The third kappa shape index (κ3) is 1.61.